The summed E-state index contributed by atoms with van der Waals surface area (Å²) in [5, 5.41) is 2.79. The monoisotopic (exact) mass is 302 g/mol. The molecule has 1 heterocycles. The zero-order valence-corrected chi connectivity index (χ0v) is 12.2. The summed E-state index contributed by atoms with van der Waals surface area (Å²) in [5.41, 5.74) is 1.71. The molecule has 0 saturated heterocycles. The molecule has 0 radical (unpaired) electrons. The van der Waals surface area contributed by atoms with Gasteiger partial charge in [0.2, 0.25) is 5.91 Å². The number of benzene rings is 2. The highest BCUT2D eigenvalue weighted by Gasteiger charge is 2.19. The fraction of sp³-hybridized carbons (Fsp3) is 0.188. The van der Waals surface area contributed by atoms with Crippen molar-refractivity contribution in [1.82, 2.24) is 0 Å². The normalized spacial score (nSPS) is 13.7. The Morgan fingerprint density at radius 3 is 2.76 bits per heavy atom. The molecule has 0 saturated carbocycles. The lowest BCUT2D eigenvalue weighted by molar-refractivity contribution is -0.115. The topological polar surface area (TPSA) is 32.3 Å². The second-order valence-electron chi connectivity index (χ2n) is 4.79. The Balaban J connectivity index is 1.67. The average molecular weight is 302 g/mol. The van der Waals surface area contributed by atoms with Crippen molar-refractivity contribution in [2.24, 2.45) is 0 Å². The molecular weight excluding hydrogens is 287 g/mol. The molecule has 1 amide bonds. The van der Waals surface area contributed by atoms with Gasteiger partial charge in [0, 0.05) is 22.9 Å². The number of halogens is 1. The Morgan fingerprint density at radius 2 is 1.95 bits per heavy atom. The molecule has 1 N–H and O–H groups in total. The summed E-state index contributed by atoms with van der Waals surface area (Å²) >= 11 is 1.81. The zero-order valence-electron chi connectivity index (χ0n) is 11.4. The predicted molar refractivity (Wildman–Crippen MR) is 84.4 cm³/mol. The van der Waals surface area contributed by atoms with E-state index in [0.29, 0.717) is 12.2 Å². The molecule has 3 nitrogen and oxygen atoms in total. The lowest BCUT2D eigenvalue weighted by atomic mass is 10.2. The SMILES string of the molecule is O=C(CN1CCSc2ccccc21)Nc1ccc(F)cc1. The average Bonchev–Trinajstić information content (AvgIpc) is 2.50. The van der Waals surface area contributed by atoms with Crippen LogP contribution in [0.25, 0.3) is 0 Å². The number of carbonyl (C=O) groups excluding carboxylic acids is 1. The van der Waals surface area contributed by atoms with Crippen molar-refractivity contribution in [3.63, 3.8) is 0 Å². The maximum Gasteiger partial charge on any atom is 0.243 e. The summed E-state index contributed by atoms with van der Waals surface area (Å²) in [5.74, 6) is 0.569. The Bertz CT molecular complexity index is 645. The number of anilines is 2. The molecule has 0 fully saturated rings. The standard InChI is InChI=1S/C16H15FN2OS/c17-12-5-7-13(8-6-12)18-16(20)11-19-9-10-21-15-4-2-1-3-14(15)19/h1-8H,9-11H2,(H,18,20). The maximum atomic E-state index is 12.8. The van der Waals surface area contributed by atoms with E-state index in [1.807, 2.05) is 30.0 Å². The van der Waals surface area contributed by atoms with Gasteiger partial charge in [-0.15, -0.1) is 11.8 Å². The van der Waals surface area contributed by atoms with Gasteiger partial charge in [-0.3, -0.25) is 4.79 Å². The number of amides is 1. The minimum absolute atomic E-state index is 0.0942. The van der Waals surface area contributed by atoms with Crippen molar-refractivity contribution in [2.75, 3.05) is 29.1 Å². The number of nitrogens with zero attached hydrogens (tertiary/aromatic N) is 1. The van der Waals surface area contributed by atoms with Gasteiger partial charge in [-0.25, -0.2) is 4.39 Å². The smallest absolute Gasteiger partial charge is 0.243 e. The Morgan fingerprint density at radius 1 is 1.19 bits per heavy atom. The van der Waals surface area contributed by atoms with Crippen LogP contribution in [-0.4, -0.2) is 24.7 Å². The molecule has 21 heavy (non-hydrogen) atoms. The number of thioether (sulfide) groups is 1. The van der Waals surface area contributed by atoms with Gasteiger partial charge in [0.15, 0.2) is 0 Å². The van der Waals surface area contributed by atoms with Gasteiger partial charge in [0.25, 0.3) is 0 Å². The largest absolute Gasteiger partial charge is 0.360 e. The first-order chi connectivity index (χ1) is 10.2. The number of fused-ring (bicyclic) bond motifs is 1. The molecule has 1 aliphatic heterocycles. The summed E-state index contributed by atoms with van der Waals surface area (Å²) in [4.78, 5) is 15.4. The van der Waals surface area contributed by atoms with E-state index >= 15 is 0 Å². The molecule has 2 aromatic rings. The molecule has 0 aliphatic carbocycles. The molecule has 3 rings (SSSR count). The number of para-hydroxylation sites is 1. The molecule has 0 spiro atoms. The van der Waals surface area contributed by atoms with E-state index in [0.717, 1.165) is 18.0 Å². The molecule has 2 aromatic carbocycles. The minimum Gasteiger partial charge on any atom is -0.360 e. The van der Waals surface area contributed by atoms with Gasteiger partial charge < -0.3 is 10.2 Å². The number of hydrogen-bond acceptors (Lipinski definition) is 3. The molecule has 0 bridgehead atoms. The number of carbonyl (C=O) groups is 1. The van der Waals surface area contributed by atoms with Crippen LogP contribution in [0.15, 0.2) is 53.4 Å². The molecular formula is C16H15FN2OS. The summed E-state index contributed by atoms with van der Waals surface area (Å²) in [6.45, 7) is 1.15. The molecule has 1 aliphatic rings. The van der Waals surface area contributed by atoms with Gasteiger partial charge >= 0.3 is 0 Å². The van der Waals surface area contributed by atoms with Crippen molar-refractivity contribution >= 4 is 29.0 Å². The molecule has 0 unspecified atom stereocenters. The van der Waals surface area contributed by atoms with E-state index in [4.69, 9.17) is 0 Å². The Labute approximate surface area is 127 Å². The van der Waals surface area contributed by atoms with Gasteiger partial charge in [-0.2, -0.15) is 0 Å². The van der Waals surface area contributed by atoms with Crippen LogP contribution in [-0.2, 0) is 4.79 Å². The highest BCUT2D eigenvalue weighted by atomic mass is 32.2. The Kier molecular flexibility index (Phi) is 4.10. The second kappa shape index (κ2) is 6.18. The van der Waals surface area contributed by atoms with Crippen LogP contribution in [0.4, 0.5) is 15.8 Å². The lowest BCUT2D eigenvalue weighted by Crippen LogP contribution is -2.36. The van der Waals surface area contributed by atoms with E-state index < -0.39 is 0 Å². The molecule has 108 valence electrons. The van der Waals surface area contributed by atoms with E-state index in [-0.39, 0.29) is 11.7 Å². The first-order valence-corrected chi connectivity index (χ1v) is 7.73. The quantitative estimate of drug-likeness (QED) is 0.943. The fourth-order valence-electron chi connectivity index (χ4n) is 2.30. The van der Waals surface area contributed by atoms with E-state index in [1.165, 1.54) is 17.0 Å². The van der Waals surface area contributed by atoms with E-state index in [2.05, 4.69) is 16.3 Å². The van der Waals surface area contributed by atoms with Gasteiger partial charge in [0.05, 0.1) is 12.2 Å². The molecule has 5 heteroatoms. The third-order valence-electron chi connectivity index (χ3n) is 3.29. The summed E-state index contributed by atoms with van der Waals surface area (Å²) in [6.07, 6.45) is 0. The highest BCUT2D eigenvalue weighted by Crippen LogP contribution is 2.33. The van der Waals surface area contributed by atoms with Crippen molar-refractivity contribution < 1.29 is 9.18 Å². The summed E-state index contributed by atoms with van der Waals surface area (Å²) in [6, 6.07) is 13.9. The molecule has 0 atom stereocenters. The van der Waals surface area contributed by atoms with Crippen LogP contribution in [0.2, 0.25) is 0 Å². The first kappa shape index (κ1) is 13.9. The fourth-order valence-corrected chi connectivity index (χ4v) is 3.35. The van der Waals surface area contributed by atoms with Crippen LogP contribution in [0.5, 0.6) is 0 Å². The summed E-state index contributed by atoms with van der Waals surface area (Å²) < 4.78 is 12.8. The first-order valence-electron chi connectivity index (χ1n) is 6.74. The van der Waals surface area contributed by atoms with Crippen LogP contribution < -0.4 is 10.2 Å². The highest BCUT2D eigenvalue weighted by molar-refractivity contribution is 7.99. The van der Waals surface area contributed by atoms with Crippen molar-refractivity contribution in [3.05, 3.63) is 54.3 Å². The van der Waals surface area contributed by atoms with Crippen molar-refractivity contribution in [1.29, 1.82) is 0 Å². The van der Waals surface area contributed by atoms with Gasteiger partial charge in [0.1, 0.15) is 5.82 Å². The Hall–Kier alpha value is -2.01. The summed E-state index contributed by atoms with van der Waals surface area (Å²) in [7, 11) is 0. The second-order valence-corrected chi connectivity index (χ2v) is 5.93. The van der Waals surface area contributed by atoms with Crippen LogP contribution in [0.3, 0.4) is 0 Å². The van der Waals surface area contributed by atoms with Crippen LogP contribution in [0.1, 0.15) is 0 Å². The number of nitrogens with one attached hydrogen (secondary N) is 1. The van der Waals surface area contributed by atoms with Crippen molar-refractivity contribution in [2.45, 2.75) is 4.90 Å². The molecule has 0 aromatic heterocycles. The number of rotatable bonds is 3. The third kappa shape index (κ3) is 3.36. The van der Waals surface area contributed by atoms with Gasteiger partial charge in [-0.1, -0.05) is 12.1 Å². The minimum atomic E-state index is -0.310. The maximum absolute atomic E-state index is 12.8. The zero-order chi connectivity index (χ0) is 14.7. The van der Waals surface area contributed by atoms with Gasteiger partial charge in [-0.05, 0) is 36.4 Å². The van der Waals surface area contributed by atoms with Crippen molar-refractivity contribution in [3.8, 4) is 0 Å². The predicted octanol–water partition coefficient (Wildman–Crippen LogP) is 3.38. The third-order valence-corrected chi connectivity index (χ3v) is 4.33. The lowest BCUT2D eigenvalue weighted by Gasteiger charge is -2.30. The van der Waals surface area contributed by atoms with E-state index in [9.17, 15) is 9.18 Å². The van der Waals surface area contributed by atoms with Crippen LogP contribution >= 0.6 is 11.8 Å². The van der Waals surface area contributed by atoms with Crippen LogP contribution in [0, 0.1) is 5.82 Å². The number of hydrogen-bond donors (Lipinski definition) is 1. The van der Waals surface area contributed by atoms with E-state index in [1.54, 1.807) is 12.1 Å².